The van der Waals surface area contributed by atoms with E-state index < -0.39 is 0 Å². The molecule has 2 aromatic carbocycles. The topological polar surface area (TPSA) is 47.8 Å². The molecule has 2 rings (SSSR count). The van der Waals surface area contributed by atoms with Crippen LogP contribution in [0.15, 0.2) is 42.5 Å². The number of nitrogens with one attached hydrogen (secondary N) is 2. The van der Waals surface area contributed by atoms with Crippen molar-refractivity contribution in [1.82, 2.24) is 0 Å². The fourth-order valence-corrected chi connectivity index (χ4v) is 2.00. The van der Waals surface area contributed by atoms with E-state index in [1.165, 1.54) is 5.56 Å². The molecule has 0 atom stereocenters. The molecule has 3 heteroatoms. The van der Waals surface area contributed by atoms with Crippen LogP contribution in [-0.2, 0) is 6.42 Å². The van der Waals surface area contributed by atoms with Crippen molar-refractivity contribution in [3.05, 3.63) is 59.2 Å². The summed E-state index contributed by atoms with van der Waals surface area (Å²) in [5.74, 6) is 0. The minimum Gasteiger partial charge on any atom is -0.388 e. The van der Waals surface area contributed by atoms with Gasteiger partial charge in [-0.1, -0.05) is 18.2 Å². The van der Waals surface area contributed by atoms with E-state index in [2.05, 4.69) is 28.8 Å². The van der Waals surface area contributed by atoms with E-state index in [0.29, 0.717) is 0 Å². The van der Waals surface area contributed by atoms with Crippen LogP contribution in [0.5, 0.6) is 0 Å². The van der Waals surface area contributed by atoms with Crippen LogP contribution in [0.4, 0.5) is 11.4 Å². The third-order valence-electron chi connectivity index (χ3n) is 3.16. The number of hydrogen-bond donors (Lipinski definition) is 2. The number of nitriles is 1. The summed E-state index contributed by atoms with van der Waals surface area (Å²) in [7, 11) is 3.76. The van der Waals surface area contributed by atoms with Gasteiger partial charge in [0, 0.05) is 25.5 Å². The molecule has 0 aliphatic heterocycles. The zero-order chi connectivity index (χ0) is 13.7. The SMILES string of the molecule is CNc1ccc(Cc2ccc(NC)cc2C#N)cc1. The average Bonchev–Trinajstić information content (AvgIpc) is 2.48. The lowest BCUT2D eigenvalue weighted by molar-refractivity contribution is 1.18. The Balaban J connectivity index is 2.25. The predicted molar refractivity (Wildman–Crippen MR) is 79.5 cm³/mol. The van der Waals surface area contributed by atoms with Crippen LogP contribution in [0, 0.1) is 11.3 Å². The van der Waals surface area contributed by atoms with Gasteiger partial charge in [-0.05, 0) is 41.8 Å². The van der Waals surface area contributed by atoms with E-state index in [1.807, 2.05) is 44.4 Å². The second kappa shape index (κ2) is 5.92. The Kier molecular flexibility index (Phi) is 4.04. The lowest BCUT2D eigenvalue weighted by atomic mass is 9.99. The molecule has 0 saturated carbocycles. The average molecular weight is 251 g/mol. The van der Waals surface area contributed by atoms with Gasteiger partial charge in [-0.2, -0.15) is 5.26 Å². The molecular weight excluding hydrogens is 234 g/mol. The first-order valence-corrected chi connectivity index (χ1v) is 6.24. The molecule has 96 valence electrons. The maximum atomic E-state index is 9.21. The zero-order valence-electron chi connectivity index (χ0n) is 11.2. The second-order valence-electron chi connectivity index (χ2n) is 4.36. The van der Waals surface area contributed by atoms with Crippen molar-refractivity contribution in [3.63, 3.8) is 0 Å². The van der Waals surface area contributed by atoms with Crippen LogP contribution in [0.3, 0.4) is 0 Å². The Bertz CT molecular complexity index is 594. The highest BCUT2D eigenvalue weighted by molar-refractivity contribution is 5.54. The van der Waals surface area contributed by atoms with E-state index in [-0.39, 0.29) is 0 Å². The highest BCUT2D eigenvalue weighted by atomic mass is 14.8. The van der Waals surface area contributed by atoms with E-state index in [9.17, 15) is 5.26 Å². The zero-order valence-corrected chi connectivity index (χ0v) is 11.2. The molecule has 0 saturated heterocycles. The van der Waals surface area contributed by atoms with E-state index in [0.717, 1.165) is 28.9 Å². The van der Waals surface area contributed by atoms with Gasteiger partial charge in [0.15, 0.2) is 0 Å². The van der Waals surface area contributed by atoms with Gasteiger partial charge in [-0.15, -0.1) is 0 Å². The van der Waals surface area contributed by atoms with Crippen LogP contribution in [0.1, 0.15) is 16.7 Å². The third-order valence-corrected chi connectivity index (χ3v) is 3.16. The summed E-state index contributed by atoms with van der Waals surface area (Å²) in [6.45, 7) is 0. The number of anilines is 2. The van der Waals surface area contributed by atoms with Gasteiger partial charge in [0.05, 0.1) is 11.6 Å². The van der Waals surface area contributed by atoms with Crippen molar-refractivity contribution in [2.75, 3.05) is 24.7 Å². The summed E-state index contributed by atoms with van der Waals surface area (Å²) in [4.78, 5) is 0. The normalized spacial score (nSPS) is 9.74. The van der Waals surface area contributed by atoms with Crippen LogP contribution in [-0.4, -0.2) is 14.1 Å². The third kappa shape index (κ3) is 3.05. The van der Waals surface area contributed by atoms with Gasteiger partial charge < -0.3 is 10.6 Å². The van der Waals surface area contributed by atoms with Crippen molar-refractivity contribution in [2.24, 2.45) is 0 Å². The molecule has 0 unspecified atom stereocenters. The lowest BCUT2D eigenvalue weighted by Gasteiger charge is -2.08. The molecule has 3 nitrogen and oxygen atoms in total. The highest BCUT2D eigenvalue weighted by Crippen LogP contribution is 2.19. The van der Waals surface area contributed by atoms with Gasteiger partial charge in [0.2, 0.25) is 0 Å². The van der Waals surface area contributed by atoms with Crippen molar-refractivity contribution in [2.45, 2.75) is 6.42 Å². The van der Waals surface area contributed by atoms with E-state index in [1.54, 1.807) is 0 Å². The number of benzene rings is 2. The van der Waals surface area contributed by atoms with E-state index in [4.69, 9.17) is 0 Å². The molecule has 0 aliphatic rings. The fraction of sp³-hybridized carbons (Fsp3) is 0.188. The quantitative estimate of drug-likeness (QED) is 0.877. The summed E-state index contributed by atoms with van der Waals surface area (Å²) >= 11 is 0. The van der Waals surface area contributed by atoms with Gasteiger partial charge in [0.25, 0.3) is 0 Å². The van der Waals surface area contributed by atoms with Crippen molar-refractivity contribution < 1.29 is 0 Å². The van der Waals surface area contributed by atoms with Crippen LogP contribution in [0.25, 0.3) is 0 Å². The molecule has 0 spiro atoms. The second-order valence-corrected chi connectivity index (χ2v) is 4.36. The van der Waals surface area contributed by atoms with Gasteiger partial charge in [0.1, 0.15) is 0 Å². The molecule has 0 fully saturated rings. The van der Waals surface area contributed by atoms with Crippen LogP contribution < -0.4 is 10.6 Å². The van der Waals surface area contributed by atoms with Crippen molar-refractivity contribution in [3.8, 4) is 6.07 Å². The molecule has 2 aromatic rings. The summed E-state index contributed by atoms with van der Waals surface area (Å²) < 4.78 is 0. The Morgan fingerprint density at radius 3 is 2.16 bits per heavy atom. The molecule has 0 bridgehead atoms. The molecule has 0 aliphatic carbocycles. The minimum atomic E-state index is 0.726. The smallest absolute Gasteiger partial charge is 0.0995 e. The van der Waals surface area contributed by atoms with Gasteiger partial charge >= 0.3 is 0 Å². The van der Waals surface area contributed by atoms with Crippen LogP contribution in [0.2, 0.25) is 0 Å². The lowest BCUT2D eigenvalue weighted by Crippen LogP contribution is -1.96. The molecule has 2 N–H and O–H groups in total. The minimum absolute atomic E-state index is 0.726. The number of nitrogens with zero attached hydrogens (tertiary/aromatic N) is 1. The Morgan fingerprint density at radius 1 is 0.947 bits per heavy atom. The molecule has 0 heterocycles. The molecular formula is C16H17N3. The highest BCUT2D eigenvalue weighted by Gasteiger charge is 2.04. The van der Waals surface area contributed by atoms with Gasteiger partial charge in [-0.25, -0.2) is 0 Å². The summed E-state index contributed by atoms with van der Waals surface area (Å²) in [5.41, 5.74) is 5.04. The predicted octanol–water partition coefficient (Wildman–Crippen LogP) is 3.23. The van der Waals surface area contributed by atoms with Crippen molar-refractivity contribution >= 4 is 11.4 Å². The standard InChI is InChI=1S/C16H17N3/c1-18-15-6-3-12(4-7-15)9-13-5-8-16(19-2)10-14(13)11-17/h3-8,10,18-19H,9H2,1-2H3. The first-order valence-electron chi connectivity index (χ1n) is 6.24. The van der Waals surface area contributed by atoms with Gasteiger partial charge in [-0.3, -0.25) is 0 Å². The molecule has 0 amide bonds. The van der Waals surface area contributed by atoms with Crippen molar-refractivity contribution in [1.29, 1.82) is 5.26 Å². The van der Waals surface area contributed by atoms with E-state index >= 15 is 0 Å². The van der Waals surface area contributed by atoms with Crippen LogP contribution >= 0.6 is 0 Å². The summed E-state index contributed by atoms with van der Waals surface area (Å²) in [6.07, 6.45) is 0.775. The maximum absolute atomic E-state index is 9.21. The number of hydrogen-bond acceptors (Lipinski definition) is 3. The fourth-order valence-electron chi connectivity index (χ4n) is 2.00. The molecule has 0 aromatic heterocycles. The monoisotopic (exact) mass is 251 g/mol. The Labute approximate surface area is 113 Å². The summed E-state index contributed by atoms with van der Waals surface area (Å²) in [6, 6.07) is 16.4. The molecule has 0 radical (unpaired) electrons. The Hall–Kier alpha value is -2.47. The number of rotatable bonds is 4. The first-order chi connectivity index (χ1) is 9.26. The first kappa shape index (κ1) is 13.0. The largest absolute Gasteiger partial charge is 0.388 e. The molecule has 19 heavy (non-hydrogen) atoms. The Morgan fingerprint density at radius 2 is 1.58 bits per heavy atom. The summed E-state index contributed by atoms with van der Waals surface area (Å²) in [5, 5.41) is 15.4. The maximum Gasteiger partial charge on any atom is 0.0995 e.